The van der Waals surface area contributed by atoms with Gasteiger partial charge < -0.3 is 10.1 Å². The lowest BCUT2D eigenvalue weighted by molar-refractivity contribution is 0.340. The first-order valence-corrected chi connectivity index (χ1v) is 6.72. The lowest BCUT2D eigenvalue weighted by Gasteiger charge is -2.12. The fraction of sp³-hybridized carbons (Fsp3) is 0.294. The second-order valence-electron chi connectivity index (χ2n) is 4.75. The maximum atomic E-state index is 5.49. The third-order valence-corrected chi connectivity index (χ3v) is 3.07. The molecule has 0 aliphatic heterocycles. The molecule has 0 spiro atoms. The average Bonchev–Trinajstić information content (AvgIpc) is 2.38. The quantitative estimate of drug-likeness (QED) is 0.859. The van der Waals surface area contributed by atoms with Gasteiger partial charge in [0, 0.05) is 12.2 Å². The van der Waals surface area contributed by atoms with E-state index in [4.69, 9.17) is 4.74 Å². The van der Waals surface area contributed by atoms with E-state index < -0.39 is 0 Å². The van der Waals surface area contributed by atoms with Gasteiger partial charge in [0.1, 0.15) is 5.75 Å². The van der Waals surface area contributed by atoms with E-state index in [2.05, 4.69) is 55.6 Å². The van der Waals surface area contributed by atoms with Crippen LogP contribution in [0.25, 0.3) is 0 Å². The molecule has 0 fully saturated rings. The van der Waals surface area contributed by atoms with Crippen LogP contribution in [0, 0.1) is 13.8 Å². The zero-order chi connectivity index (χ0) is 13.7. The monoisotopic (exact) mass is 255 g/mol. The van der Waals surface area contributed by atoms with Crippen molar-refractivity contribution in [3.8, 4) is 5.75 Å². The van der Waals surface area contributed by atoms with Crippen molar-refractivity contribution in [3.05, 3.63) is 59.2 Å². The minimum absolute atomic E-state index is 0.704. The Bertz CT molecular complexity index is 549. The molecule has 0 aliphatic rings. The molecule has 0 heterocycles. The number of ether oxygens (including phenoxy) is 1. The molecule has 0 bridgehead atoms. The summed E-state index contributed by atoms with van der Waals surface area (Å²) in [7, 11) is 0. The fourth-order valence-corrected chi connectivity index (χ4v) is 2.11. The first-order chi connectivity index (χ1) is 9.19. The van der Waals surface area contributed by atoms with Crippen molar-refractivity contribution < 1.29 is 4.74 Å². The summed E-state index contributed by atoms with van der Waals surface area (Å²) in [5, 5.41) is 3.47. The Morgan fingerprint density at radius 3 is 2.58 bits per heavy atom. The Hall–Kier alpha value is -1.96. The van der Waals surface area contributed by atoms with E-state index in [-0.39, 0.29) is 0 Å². The van der Waals surface area contributed by atoms with Crippen LogP contribution >= 0.6 is 0 Å². The second kappa shape index (κ2) is 6.28. The SMILES string of the molecule is CCOc1ccc(NCc2cccc(C)c2)c(C)c1. The highest BCUT2D eigenvalue weighted by Crippen LogP contribution is 2.22. The van der Waals surface area contributed by atoms with Gasteiger partial charge in [-0.2, -0.15) is 0 Å². The zero-order valence-electron chi connectivity index (χ0n) is 11.9. The van der Waals surface area contributed by atoms with Gasteiger partial charge in [-0.05, 0) is 50.1 Å². The van der Waals surface area contributed by atoms with E-state index in [1.807, 2.05) is 13.0 Å². The molecule has 2 aromatic carbocycles. The van der Waals surface area contributed by atoms with Crippen LogP contribution in [0.15, 0.2) is 42.5 Å². The van der Waals surface area contributed by atoms with Gasteiger partial charge in [0.2, 0.25) is 0 Å². The lowest BCUT2D eigenvalue weighted by Crippen LogP contribution is -2.01. The standard InChI is InChI=1S/C17H21NO/c1-4-19-16-8-9-17(14(3)11-16)18-12-15-7-5-6-13(2)10-15/h5-11,18H,4,12H2,1-3H3. The number of hydrogen-bond donors (Lipinski definition) is 1. The van der Waals surface area contributed by atoms with Crippen LogP contribution in [0.5, 0.6) is 5.75 Å². The number of anilines is 1. The lowest BCUT2D eigenvalue weighted by atomic mass is 10.1. The molecule has 2 aromatic rings. The van der Waals surface area contributed by atoms with Gasteiger partial charge in [0.05, 0.1) is 6.61 Å². The van der Waals surface area contributed by atoms with Crippen molar-refractivity contribution in [1.29, 1.82) is 0 Å². The highest BCUT2D eigenvalue weighted by Gasteiger charge is 2.01. The number of aryl methyl sites for hydroxylation is 2. The van der Waals surface area contributed by atoms with Gasteiger partial charge in [0.25, 0.3) is 0 Å². The van der Waals surface area contributed by atoms with E-state index in [1.54, 1.807) is 0 Å². The first-order valence-electron chi connectivity index (χ1n) is 6.72. The second-order valence-corrected chi connectivity index (χ2v) is 4.75. The van der Waals surface area contributed by atoms with Crippen molar-refractivity contribution in [2.75, 3.05) is 11.9 Å². The largest absolute Gasteiger partial charge is 0.494 e. The summed E-state index contributed by atoms with van der Waals surface area (Å²) in [5.74, 6) is 0.932. The zero-order valence-corrected chi connectivity index (χ0v) is 11.9. The molecule has 0 saturated carbocycles. The van der Waals surface area contributed by atoms with Crippen molar-refractivity contribution in [1.82, 2.24) is 0 Å². The van der Waals surface area contributed by atoms with Gasteiger partial charge in [-0.3, -0.25) is 0 Å². The predicted molar refractivity (Wildman–Crippen MR) is 80.9 cm³/mol. The van der Waals surface area contributed by atoms with Gasteiger partial charge in [0.15, 0.2) is 0 Å². The molecular formula is C17H21NO. The smallest absolute Gasteiger partial charge is 0.119 e. The third-order valence-electron chi connectivity index (χ3n) is 3.07. The van der Waals surface area contributed by atoms with Gasteiger partial charge in [-0.25, -0.2) is 0 Å². The first kappa shape index (κ1) is 13.5. The predicted octanol–water partition coefficient (Wildman–Crippen LogP) is 4.31. The van der Waals surface area contributed by atoms with Gasteiger partial charge in [-0.15, -0.1) is 0 Å². The summed E-state index contributed by atoms with van der Waals surface area (Å²) in [6.45, 7) is 7.76. The molecule has 0 aliphatic carbocycles. The highest BCUT2D eigenvalue weighted by atomic mass is 16.5. The number of rotatable bonds is 5. The molecule has 0 aromatic heterocycles. The maximum Gasteiger partial charge on any atom is 0.119 e. The molecule has 0 amide bonds. The van der Waals surface area contributed by atoms with Crippen molar-refractivity contribution >= 4 is 5.69 Å². The van der Waals surface area contributed by atoms with E-state index in [9.17, 15) is 0 Å². The Labute approximate surface area is 115 Å². The summed E-state index contributed by atoms with van der Waals surface area (Å²) >= 11 is 0. The maximum absolute atomic E-state index is 5.49. The number of nitrogens with one attached hydrogen (secondary N) is 1. The van der Waals surface area contributed by atoms with Crippen LogP contribution in [0.1, 0.15) is 23.6 Å². The Kier molecular flexibility index (Phi) is 4.45. The van der Waals surface area contributed by atoms with E-state index in [1.165, 1.54) is 16.7 Å². The summed E-state index contributed by atoms with van der Waals surface area (Å²) < 4.78 is 5.49. The minimum Gasteiger partial charge on any atom is -0.494 e. The minimum atomic E-state index is 0.704. The van der Waals surface area contributed by atoms with Gasteiger partial charge in [-0.1, -0.05) is 29.8 Å². The summed E-state index contributed by atoms with van der Waals surface area (Å²) in [6.07, 6.45) is 0. The molecular weight excluding hydrogens is 234 g/mol. The Balaban J connectivity index is 2.03. The average molecular weight is 255 g/mol. The molecule has 100 valence electrons. The van der Waals surface area contributed by atoms with Crippen molar-refractivity contribution in [2.24, 2.45) is 0 Å². The molecule has 0 unspecified atom stereocenters. The molecule has 0 saturated heterocycles. The van der Waals surface area contributed by atoms with Crippen molar-refractivity contribution in [2.45, 2.75) is 27.3 Å². The van der Waals surface area contributed by atoms with Crippen LogP contribution in [0.4, 0.5) is 5.69 Å². The van der Waals surface area contributed by atoms with Crippen LogP contribution in [0.3, 0.4) is 0 Å². The molecule has 2 nitrogen and oxygen atoms in total. The Morgan fingerprint density at radius 1 is 1.05 bits per heavy atom. The summed E-state index contributed by atoms with van der Waals surface area (Å²) in [5.41, 5.74) is 4.96. The van der Waals surface area contributed by atoms with Crippen LogP contribution in [0.2, 0.25) is 0 Å². The molecule has 2 rings (SSSR count). The molecule has 0 atom stereocenters. The number of benzene rings is 2. The summed E-state index contributed by atoms with van der Waals surface area (Å²) in [6, 6.07) is 14.7. The van der Waals surface area contributed by atoms with Crippen LogP contribution in [-0.2, 0) is 6.54 Å². The fourth-order valence-electron chi connectivity index (χ4n) is 2.11. The van der Waals surface area contributed by atoms with E-state index in [0.29, 0.717) is 6.61 Å². The highest BCUT2D eigenvalue weighted by molar-refractivity contribution is 5.53. The molecule has 0 radical (unpaired) electrons. The molecule has 19 heavy (non-hydrogen) atoms. The Morgan fingerprint density at radius 2 is 1.89 bits per heavy atom. The van der Waals surface area contributed by atoms with E-state index in [0.717, 1.165) is 18.0 Å². The normalized spacial score (nSPS) is 10.3. The van der Waals surface area contributed by atoms with Crippen LogP contribution in [-0.4, -0.2) is 6.61 Å². The van der Waals surface area contributed by atoms with E-state index >= 15 is 0 Å². The van der Waals surface area contributed by atoms with Crippen LogP contribution < -0.4 is 10.1 Å². The summed E-state index contributed by atoms with van der Waals surface area (Å²) in [4.78, 5) is 0. The van der Waals surface area contributed by atoms with Crippen molar-refractivity contribution in [3.63, 3.8) is 0 Å². The van der Waals surface area contributed by atoms with Gasteiger partial charge >= 0.3 is 0 Å². The molecule has 2 heteroatoms. The molecule has 1 N–H and O–H groups in total. The topological polar surface area (TPSA) is 21.3 Å². The number of hydrogen-bond acceptors (Lipinski definition) is 2. The third kappa shape index (κ3) is 3.75.